The summed E-state index contributed by atoms with van der Waals surface area (Å²) >= 11 is 0. The van der Waals surface area contributed by atoms with E-state index in [4.69, 9.17) is 4.42 Å². The SMILES string of the molecule is CC(NC(c1ccccc1)C(C)(C)C)c1ccco1. The molecular formula is C17H23NO. The molecule has 1 heterocycles. The van der Waals surface area contributed by atoms with Crippen LogP contribution in [0.1, 0.15) is 51.1 Å². The monoisotopic (exact) mass is 257 g/mol. The van der Waals surface area contributed by atoms with Crippen molar-refractivity contribution in [3.8, 4) is 0 Å². The second kappa shape index (κ2) is 5.62. The van der Waals surface area contributed by atoms with Gasteiger partial charge in [0.1, 0.15) is 5.76 Å². The van der Waals surface area contributed by atoms with Gasteiger partial charge in [0.15, 0.2) is 0 Å². The lowest BCUT2D eigenvalue weighted by molar-refractivity contribution is 0.244. The van der Waals surface area contributed by atoms with Crippen LogP contribution in [-0.4, -0.2) is 0 Å². The van der Waals surface area contributed by atoms with Gasteiger partial charge in [0.05, 0.1) is 12.3 Å². The van der Waals surface area contributed by atoms with Crippen LogP contribution in [0.4, 0.5) is 0 Å². The Morgan fingerprint density at radius 1 is 1.00 bits per heavy atom. The molecule has 0 aliphatic rings. The van der Waals surface area contributed by atoms with Crippen LogP contribution in [0.2, 0.25) is 0 Å². The summed E-state index contributed by atoms with van der Waals surface area (Å²) < 4.78 is 5.48. The van der Waals surface area contributed by atoms with Crippen LogP contribution in [0, 0.1) is 5.41 Å². The number of rotatable bonds is 4. The number of hydrogen-bond donors (Lipinski definition) is 1. The molecule has 2 unspecified atom stereocenters. The van der Waals surface area contributed by atoms with Crippen molar-refractivity contribution in [1.29, 1.82) is 0 Å². The summed E-state index contributed by atoms with van der Waals surface area (Å²) in [5.74, 6) is 0.977. The molecule has 19 heavy (non-hydrogen) atoms. The Balaban J connectivity index is 2.20. The van der Waals surface area contributed by atoms with Crippen LogP contribution in [0.3, 0.4) is 0 Å². The topological polar surface area (TPSA) is 25.2 Å². The first kappa shape index (κ1) is 13.9. The van der Waals surface area contributed by atoms with Crippen molar-refractivity contribution in [2.75, 3.05) is 0 Å². The van der Waals surface area contributed by atoms with E-state index in [0.29, 0.717) is 0 Å². The van der Waals surface area contributed by atoms with Crippen molar-refractivity contribution < 1.29 is 4.42 Å². The lowest BCUT2D eigenvalue weighted by Gasteiger charge is -2.34. The molecule has 1 N–H and O–H groups in total. The van der Waals surface area contributed by atoms with Crippen molar-refractivity contribution in [3.05, 3.63) is 60.1 Å². The van der Waals surface area contributed by atoms with Gasteiger partial charge in [-0.15, -0.1) is 0 Å². The minimum Gasteiger partial charge on any atom is -0.468 e. The predicted octanol–water partition coefficient (Wildman–Crippen LogP) is 4.72. The van der Waals surface area contributed by atoms with Gasteiger partial charge in [-0.3, -0.25) is 0 Å². The molecule has 0 aliphatic heterocycles. The zero-order valence-corrected chi connectivity index (χ0v) is 12.2. The Morgan fingerprint density at radius 3 is 2.21 bits per heavy atom. The van der Waals surface area contributed by atoms with E-state index in [1.807, 2.05) is 12.1 Å². The molecule has 0 saturated heterocycles. The quantitative estimate of drug-likeness (QED) is 0.857. The van der Waals surface area contributed by atoms with Crippen LogP contribution in [-0.2, 0) is 0 Å². The average Bonchev–Trinajstić information content (AvgIpc) is 2.89. The van der Waals surface area contributed by atoms with Gasteiger partial charge >= 0.3 is 0 Å². The van der Waals surface area contributed by atoms with Gasteiger partial charge in [0, 0.05) is 6.04 Å². The molecule has 102 valence electrons. The lowest BCUT2D eigenvalue weighted by Crippen LogP contribution is -2.34. The van der Waals surface area contributed by atoms with E-state index in [1.54, 1.807) is 6.26 Å². The maximum atomic E-state index is 5.48. The summed E-state index contributed by atoms with van der Waals surface area (Å²) in [4.78, 5) is 0. The highest BCUT2D eigenvalue weighted by atomic mass is 16.3. The molecule has 2 nitrogen and oxygen atoms in total. The first-order valence-corrected chi connectivity index (χ1v) is 6.83. The molecule has 2 heteroatoms. The molecular weight excluding hydrogens is 234 g/mol. The Bertz CT molecular complexity index is 482. The minimum atomic E-state index is 0.141. The Labute approximate surface area is 115 Å². The molecule has 0 spiro atoms. The third-order valence-corrected chi connectivity index (χ3v) is 3.39. The van der Waals surface area contributed by atoms with Crippen LogP contribution in [0.5, 0.6) is 0 Å². The second-order valence-electron chi connectivity index (χ2n) is 6.11. The third-order valence-electron chi connectivity index (χ3n) is 3.39. The number of benzene rings is 1. The van der Waals surface area contributed by atoms with Crippen molar-refractivity contribution in [2.45, 2.75) is 39.8 Å². The summed E-state index contributed by atoms with van der Waals surface area (Å²) in [5.41, 5.74) is 1.45. The number of nitrogens with one attached hydrogen (secondary N) is 1. The van der Waals surface area contributed by atoms with E-state index >= 15 is 0 Å². The first-order valence-electron chi connectivity index (χ1n) is 6.83. The number of furan rings is 1. The summed E-state index contributed by atoms with van der Waals surface area (Å²) in [6.45, 7) is 8.91. The maximum Gasteiger partial charge on any atom is 0.120 e. The largest absolute Gasteiger partial charge is 0.468 e. The fourth-order valence-corrected chi connectivity index (χ4v) is 2.36. The molecule has 2 aromatic rings. The van der Waals surface area contributed by atoms with Gasteiger partial charge in [-0.25, -0.2) is 0 Å². The van der Waals surface area contributed by atoms with E-state index in [0.717, 1.165) is 5.76 Å². The third kappa shape index (κ3) is 3.48. The molecule has 2 rings (SSSR count). The normalized spacial score (nSPS) is 15.2. The highest BCUT2D eigenvalue weighted by Gasteiger charge is 2.28. The van der Waals surface area contributed by atoms with Crippen molar-refractivity contribution in [1.82, 2.24) is 5.32 Å². The molecule has 0 bridgehead atoms. The van der Waals surface area contributed by atoms with E-state index in [1.165, 1.54) is 5.56 Å². The maximum absolute atomic E-state index is 5.48. The lowest BCUT2D eigenvalue weighted by atomic mass is 9.82. The van der Waals surface area contributed by atoms with Gasteiger partial charge in [-0.05, 0) is 30.0 Å². The van der Waals surface area contributed by atoms with E-state index in [-0.39, 0.29) is 17.5 Å². The molecule has 2 atom stereocenters. The van der Waals surface area contributed by atoms with Gasteiger partial charge in [0.2, 0.25) is 0 Å². The van der Waals surface area contributed by atoms with Crippen LogP contribution < -0.4 is 5.32 Å². The van der Waals surface area contributed by atoms with Gasteiger partial charge in [0.25, 0.3) is 0 Å². The highest BCUT2D eigenvalue weighted by Crippen LogP contribution is 2.34. The summed E-state index contributed by atoms with van der Waals surface area (Å²) in [7, 11) is 0. The van der Waals surface area contributed by atoms with Crippen molar-refractivity contribution in [3.63, 3.8) is 0 Å². The first-order chi connectivity index (χ1) is 8.98. The van der Waals surface area contributed by atoms with Gasteiger partial charge in [-0.2, -0.15) is 0 Å². The van der Waals surface area contributed by atoms with E-state index < -0.39 is 0 Å². The zero-order valence-electron chi connectivity index (χ0n) is 12.2. The van der Waals surface area contributed by atoms with Crippen LogP contribution >= 0.6 is 0 Å². The molecule has 1 aromatic carbocycles. The molecule has 0 amide bonds. The number of hydrogen-bond acceptors (Lipinski definition) is 2. The smallest absolute Gasteiger partial charge is 0.120 e. The fraction of sp³-hybridized carbons (Fsp3) is 0.412. The highest BCUT2D eigenvalue weighted by molar-refractivity contribution is 5.21. The summed E-state index contributed by atoms with van der Waals surface area (Å²) in [5, 5.41) is 3.68. The van der Waals surface area contributed by atoms with Crippen LogP contribution in [0.25, 0.3) is 0 Å². The second-order valence-corrected chi connectivity index (χ2v) is 6.11. The Hall–Kier alpha value is -1.54. The molecule has 0 saturated carbocycles. The Kier molecular flexibility index (Phi) is 4.11. The van der Waals surface area contributed by atoms with Crippen LogP contribution in [0.15, 0.2) is 53.1 Å². The summed E-state index contributed by atoms with van der Waals surface area (Å²) in [6, 6.07) is 15.0. The molecule has 0 fully saturated rings. The Morgan fingerprint density at radius 2 is 1.68 bits per heavy atom. The molecule has 0 radical (unpaired) electrons. The van der Waals surface area contributed by atoms with Crippen molar-refractivity contribution in [2.24, 2.45) is 5.41 Å². The van der Waals surface area contributed by atoms with Gasteiger partial charge < -0.3 is 9.73 Å². The van der Waals surface area contributed by atoms with E-state index in [2.05, 4.69) is 63.3 Å². The molecule has 0 aliphatic carbocycles. The average molecular weight is 257 g/mol. The standard InChI is InChI=1S/C17H23NO/c1-13(15-11-8-12-19-15)18-16(17(2,3)4)14-9-6-5-7-10-14/h5-13,16,18H,1-4H3. The fourth-order valence-electron chi connectivity index (χ4n) is 2.36. The predicted molar refractivity (Wildman–Crippen MR) is 78.9 cm³/mol. The van der Waals surface area contributed by atoms with E-state index in [9.17, 15) is 0 Å². The summed E-state index contributed by atoms with van der Waals surface area (Å²) in [6.07, 6.45) is 1.72. The minimum absolute atomic E-state index is 0.141. The van der Waals surface area contributed by atoms with Gasteiger partial charge in [-0.1, -0.05) is 51.1 Å². The van der Waals surface area contributed by atoms with Crippen molar-refractivity contribution >= 4 is 0 Å². The molecule has 1 aromatic heterocycles. The zero-order chi connectivity index (χ0) is 13.9.